The van der Waals surface area contributed by atoms with Gasteiger partial charge in [0.2, 0.25) is 11.8 Å². The number of benzene rings is 2. The molecule has 16 nitrogen and oxygen atoms in total. The van der Waals surface area contributed by atoms with Gasteiger partial charge in [0.1, 0.15) is 17.5 Å². The number of anilines is 1. The first-order valence-corrected chi connectivity index (χ1v) is 20.2. The van der Waals surface area contributed by atoms with Crippen molar-refractivity contribution in [3.05, 3.63) is 74.7 Å². The second-order valence-corrected chi connectivity index (χ2v) is 16.6. The Balaban J connectivity index is 0.872. The number of rotatable bonds is 9. The third-order valence-corrected chi connectivity index (χ3v) is 12.5. The van der Waals surface area contributed by atoms with E-state index in [1.165, 1.54) is 0 Å². The number of methoxy groups -OCH3 is 2. The molecule has 0 aliphatic carbocycles. The molecule has 2 aromatic carbocycles. The number of carbonyl (C=O) groups excluding carboxylic acids is 5. The maximum atomic E-state index is 13.6. The van der Waals surface area contributed by atoms with Gasteiger partial charge in [0.25, 0.3) is 17.4 Å². The molecule has 312 valence electrons. The van der Waals surface area contributed by atoms with Gasteiger partial charge in [-0.05, 0) is 87.7 Å². The molecule has 3 aromatic rings. The third-order valence-electron chi connectivity index (χ3n) is 12.5. The Morgan fingerprint density at radius 3 is 2.32 bits per heavy atom. The average molecular weight is 810 g/mol. The molecule has 1 aromatic heterocycles. The van der Waals surface area contributed by atoms with Crippen LogP contribution in [0.25, 0.3) is 11.1 Å². The number of carbonyl (C=O) groups is 5. The lowest BCUT2D eigenvalue weighted by atomic mass is 9.85. The molecule has 5 aliphatic heterocycles. The summed E-state index contributed by atoms with van der Waals surface area (Å²) in [5.41, 5.74) is 5.13. The van der Waals surface area contributed by atoms with Crippen molar-refractivity contribution in [2.24, 2.45) is 13.0 Å². The van der Waals surface area contributed by atoms with Crippen LogP contribution < -0.4 is 30.6 Å². The lowest BCUT2D eigenvalue weighted by molar-refractivity contribution is -0.136. The molecule has 0 radical (unpaired) electrons. The fraction of sp³-hybridized carbons (Fsp3) is 0.488. The first-order valence-electron chi connectivity index (χ1n) is 20.2. The highest BCUT2D eigenvalue weighted by Crippen LogP contribution is 2.41. The van der Waals surface area contributed by atoms with Crippen molar-refractivity contribution in [3.63, 3.8) is 0 Å². The number of nitrogens with zero attached hydrogens (tertiary/aromatic N) is 5. The van der Waals surface area contributed by atoms with Gasteiger partial charge in [-0.15, -0.1) is 0 Å². The maximum Gasteiger partial charge on any atom is 0.317 e. The Morgan fingerprint density at radius 1 is 0.932 bits per heavy atom. The number of hydrogen-bond acceptors (Lipinski definition) is 11. The summed E-state index contributed by atoms with van der Waals surface area (Å²) >= 11 is 0. The molecule has 16 heteroatoms. The fourth-order valence-electron chi connectivity index (χ4n) is 9.42. The molecular weight excluding hydrogens is 759 g/mol. The highest BCUT2D eigenvalue weighted by molar-refractivity contribution is 6.23. The molecule has 2 N–H and O–H groups in total. The summed E-state index contributed by atoms with van der Waals surface area (Å²) in [4.78, 5) is 84.7. The number of ether oxygens (including phenoxy) is 3. The van der Waals surface area contributed by atoms with Gasteiger partial charge in [0.05, 0.1) is 49.7 Å². The standard InChI is InChI=1S/C43H51N7O9/c1-46(2)21-33-35(57-4)16-26(17-36(33)58-5)31-22-47(3)39(53)32-23-49(13-10-28(31)32)42(56)44-20-25-19-43(59-24-25)11-14-48(15-12-43)27-6-7-29-30(18-27)41(55)50(40(29)54)34-8-9-37(51)45-38(34)52/h6-7,16-18,22,25,34H,8-15,19-21,23-24H2,1-5H3,(H,44,56)(H,45,51,52). The maximum absolute atomic E-state index is 13.6. The van der Waals surface area contributed by atoms with E-state index >= 15 is 0 Å². The minimum absolute atomic E-state index is 0.0678. The molecule has 1 spiro atoms. The van der Waals surface area contributed by atoms with Crippen molar-refractivity contribution >= 4 is 35.3 Å². The minimum atomic E-state index is -1.01. The van der Waals surface area contributed by atoms with Crippen LogP contribution in [0.2, 0.25) is 0 Å². The topological polar surface area (TPSA) is 172 Å². The number of nitrogens with one attached hydrogen (secondary N) is 2. The summed E-state index contributed by atoms with van der Waals surface area (Å²) in [6, 6.07) is 7.95. The van der Waals surface area contributed by atoms with Gasteiger partial charge < -0.3 is 38.8 Å². The SMILES string of the molecule is COc1cc(-c2cn(C)c(=O)c3c2CCN(C(=O)NCC2COC4(CCN(c5ccc6c(c5)C(=O)N(C5CCC(=O)NC5=O)C6=O)CC4)C2)C3)cc(OC)c1CN(C)C. The zero-order chi connectivity index (χ0) is 41.7. The Hall–Kier alpha value is -5.74. The molecule has 2 atom stereocenters. The summed E-state index contributed by atoms with van der Waals surface area (Å²) in [6.07, 6.45) is 4.87. The fourth-order valence-corrected chi connectivity index (χ4v) is 9.42. The highest BCUT2D eigenvalue weighted by Gasteiger charge is 2.46. The van der Waals surface area contributed by atoms with Gasteiger partial charge in [0, 0.05) is 75.1 Å². The third kappa shape index (κ3) is 7.43. The van der Waals surface area contributed by atoms with Crippen molar-refractivity contribution < 1.29 is 38.2 Å². The van der Waals surface area contributed by atoms with Crippen LogP contribution in [-0.4, -0.2) is 122 Å². The van der Waals surface area contributed by atoms with Crippen LogP contribution in [0.1, 0.15) is 69.5 Å². The smallest absolute Gasteiger partial charge is 0.317 e. The minimum Gasteiger partial charge on any atom is -0.496 e. The molecule has 8 rings (SSSR count). The monoisotopic (exact) mass is 809 g/mol. The van der Waals surface area contributed by atoms with Crippen LogP contribution in [0.5, 0.6) is 11.5 Å². The van der Waals surface area contributed by atoms with Gasteiger partial charge in [0.15, 0.2) is 0 Å². The number of aryl methyl sites for hydroxylation is 1. The summed E-state index contributed by atoms with van der Waals surface area (Å²) in [7, 11) is 8.98. The second kappa shape index (κ2) is 15.8. The van der Waals surface area contributed by atoms with Crippen LogP contribution in [-0.2, 0) is 40.9 Å². The van der Waals surface area contributed by atoms with Crippen LogP contribution in [0.3, 0.4) is 0 Å². The predicted molar refractivity (Wildman–Crippen MR) is 216 cm³/mol. The van der Waals surface area contributed by atoms with Crippen molar-refractivity contribution in [1.29, 1.82) is 0 Å². The highest BCUT2D eigenvalue weighted by atomic mass is 16.5. The molecule has 59 heavy (non-hydrogen) atoms. The van der Waals surface area contributed by atoms with E-state index in [-0.39, 0.29) is 53.6 Å². The predicted octanol–water partition coefficient (Wildman–Crippen LogP) is 2.68. The lowest BCUT2D eigenvalue weighted by Crippen LogP contribution is -2.54. The molecule has 3 saturated heterocycles. The molecule has 5 aliphatic rings. The summed E-state index contributed by atoms with van der Waals surface area (Å²) in [5, 5.41) is 5.35. The van der Waals surface area contributed by atoms with Crippen molar-refractivity contribution in [2.75, 3.05) is 66.0 Å². The summed E-state index contributed by atoms with van der Waals surface area (Å²) in [6.45, 7) is 3.64. The first kappa shape index (κ1) is 40.1. The zero-order valence-corrected chi connectivity index (χ0v) is 34.2. The molecule has 6 amide bonds. The molecule has 3 fully saturated rings. The van der Waals surface area contributed by atoms with E-state index in [0.29, 0.717) is 62.8 Å². The van der Waals surface area contributed by atoms with Crippen LogP contribution in [0, 0.1) is 5.92 Å². The van der Waals surface area contributed by atoms with E-state index in [2.05, 4.69) is 15.5 Å². The van der Waals surface area contributed by atoms with E-state index in [1.54, 1.807) is 42.9 Å². The van der Waals surface area contributed by atoms with Crippen molar-refractivity contribution in [2.45, 2.75) is 63.3 Å². The van der Waals surface area contributed by atoms with Gasteiger partial charge in [-0.1, -0.05) is 0 Å². The molecule has 2 unspecified atom stereocenters. The average Bonchev–Trinajstić information content (AvgIpc) is 3.74. The number of aromatic nitrogens is 1. The number of imide groups is 2. The number of fused-ring (bicyclic) bond motifs is 2. The van der Waals surface area contributed by atoms with E-state index in [4.69, 9.17) is 14.2 Å². The number of urea groups is 1. The molecular formula is C43H51N7O9. The summed E-state index contributed by atoms with van der Waals surface area (Å²) in [5.74, 6) is -0.559. The van der Waals surface area contributed by atoms with E-state index < -0.39 is 29.7 Å². The Labute approximate surface area is 342 Å². The van der Waals surface area contributed by atoms with E-state index in [1.807, 2.05) is 43.4 Å². The van der Waals surface area contributed by atoms with Gasteiger partial charge in [-0.2, -0.15) is 0 Å². The number of piperidine rings is 2. The van der Waals surface area contributed by atoms with Gasteiger partial charge in [-0.25, -0.2) is 4.79 Å². The molecule has 6 heterocycles. The molecule has 0 bridgehead atoms. The normalized spacial score (nSPS) is 21.2. The number of hydrogen-bond donors (Lipinski definition) is 2. The number of pyridine rings is 1. The Bertz CT molecular complexity index is 2270. The summed E-state index contributed by atoms with van der Waals surface area (Å²) < 4.78 is 19.6. The van der Waals surface area contributed by atoms with E-state index in [0.717, 1.165) is 52.1 Å². The second-order valence-electron chi connectivity index (χ2n) is 16.6. The zero-order valence-electron chi connectivity index (χ0n) is 34.2. The number of amides is 6. The van der Waals surface area contributed by atoms with Gasteiger partial charge in [-0.3, -0.25) is 34.2 Å². The quantitative estimate of drug-likeness (QED) is 0.305. The first-order chi connectivity index (χ1) is 28.3. The van der Waals surface area contributed by atoms with Crippen LogP contribution in [0.4, 0.5) is 10.5 Å². The lowest BCUT2D eigenvalue weighted by Gasteiger charge is -2.40. The largest absolute Gasteiger partial charge is 0.496 e. The van der Waals surface area contributed by atoms with E-state index in [9.17, 15) is 28.8 Å². The van der Waals surface area contributed by atoms with Crippen molar-refractivity contribution in [3.8, 4) is 22.6 Å². The Kier molecular flexibility index (Phi) is 10.7. The Morgan fingerprint density at radius 2 is 1.64 bits per heavy atom. The van der Waals surface area contributed by atoms with Crippen LogP contribution >= 0.6 is 0 Å². The van der Waals surface area contributed by atoms with Crippen molar-refractivity contribution in [1.82, 2.24) is 29.9 Å². The van der Waals surface area contributed by atoms with Crippen LogP contribution in [0.15, 0.2) is 41.3 Å². The molecule has 0 saturated carbocycles. The van der Waals surface area contributed by atoms with Gasteiger partial charge >= 0.3 is 6.03 Å².